The number of hydrogen-bond donors (Lipinski definition) is 0. The fraction of sp³-hybridized carbons (Fsp3) is 0.455. The summed E-state index contributed by atoms with van der Waals surface area (Å²) in [5, 5.41) is 1.71. The van der Waals surface area contributed by atoms with Gasteiger partial charge in [-0.05, 0) is 47.9 Å². The number of benzene rings is 1. The fourth-order valence-corrected chi connectivity index (χ4v) is 7.31. The van der Waals surface area contributed by atoms with Crippen molar-refractivity contribution in [2.24, 2.45) is 0 Å². The predicted molar refractivity (Wildman–Crippen MR) is 117 cm³/mol. The number of hydrogen-bond acceptors (Lipinski definition) is 5. The average molecular weight is 447 g/mol. The zero-order chi connectivity index (χ0) is 21.5. The molecule has 1 aromatic carbocycles. The average Bonchev–Trinajstić information content (AvgIpc) is 3.46. The minimum absolute atomic E-state index is 0.119. The molecule has 1 atom stereocenters. The zero-order valence-electron chi connectivity index (χ0n) is 17.2. The first-order valence-corrected chi connectivity index (χ1v) is 12.7. The predicted octanol–water partition coefficient (Wildman–Crippen LogP) is 4.14. The molecule has 0 radical (unpaired) electrons. The molecule has 2 amide bonds. The van der Waals surface area contributed by atoms with Gasteiger partial charge in [0.25, 0.3) is 15.9 Å². The Kier molecular flexibility index (Phi) is 5.83. The highest BCUT2D eigenvalue weighted by Gasteiger charge is 2.49. The number of sulfonamides is 1. The Labute approximate surface area is 181 Å². The molecule has 4 rings (SSSR count). The highest BCUT2D eigenvalue weighted by Crippen LogP contribution is 2.36. The van der Waals surface area contributed by atoms with Crippen molar-refractivity contribution in [3.63, 3.8) is 0 Å². The third-order valence-corrected chi connectivity index (χ3v) is 9.29. The molecule has 1 saturated carbocycles. The van der Waals surface area contributed by atoms with Crippen molar-refractivity contribution in [3.05, 3.63) is 47.3 Å². The molecule has 1 aliphatic heterocycles. The van der Waals surface area contributed by atoms with Crippen molar-refractivity contribution in [1.82, 2.24) is 4.31 Å². The van der Waals surface area contributed by atoms with Crippen LogP contribution in [0.5, 0.6) is 0 Å². The number of amides is 2. The van der Waals surface area contributed by atoms with Gasteiger partial charge in [0.05, 0.1) is 12.1 Å². The van der Waals surface area contributed by atoms with Crippen molar-refractivity contribution in [3.8, 4) is 0 Å². The molecule has 1 saturated heterocycles. The molecule has 1 aliphatic carbocycles. The van der Waals surface area contributed by atoms with Gasteiger partial charge in [-0.3, -0.25) is 9.59 Å². The normalized spacial score (nSPS) is 20.8. The second kappa shape index (κ2) is 8.24. The third kappa shape index (κ3) is 3.72. The van der Waals surface area contributed by atoms with E-state index in [-0.39, 0.29) is 22.6 Å². The standard InChI is InChI=1S/C22H26N2O4S2/c1-15(2)16-9-11-17(12-10-16)23-20(25)14-19(22(23)26)24(18-6-3-4-7-18)30(27,28)21-8-5-13-29-21/h5,8-13,15,18-19H,3-4,6-7,14H2,1-2H3. The topological polar surface area (TPSA) is 74.8 Å². The molecule has 0 N–H and O–H groups in total. The summed E-state index contributed by atoms with van der Waals surface area (Å²) in [6.07, 6.45) is 3.16. The van der Waals surface area contributed by atoms with E-state index < -0.39 is 22.0 Å². The maximum Gasteiger partial charge on any atom is 0.253 e. The highest BCUT2D eigenvalue weighted by molar-refractivity contribution is 7.91. The molecule has 8 heteroatoms. The van der Waals surface area contributed by atoms with Gasteiger partial charge in [-0.25, -0.2) is 13.3 Å². The molecule has 0 bridgehead atoms. The van der Waals surface area contributed by atoms with E-state index in [1.807, 2.05) is 12.1 Å². The summed E-state index contributed by atoms with van der Waals surface area (Å²) in [6, 6.07) is 9.36. The summed E-state index contributed by atoms with van der Waals surface area (Å²) in [5.41, 5.74) is 1.61. The summed E-state index contributed by atoms with van der Waals surface area (Å²) in [6.45, 7) is 4.15. The van der Waals surface area contributed by atoms with E-state index in [2.05, 4.69) is 13.8 Å². The highest BCUT2D eigenvalue weighted by atomic mass is 32.2. The zero-order valence-corrected chi connectivity index (χ0v) is 18.8. The molecule has 2 heterocycles. The van der Waals surface area contributed by atoms with E-state index in [1.165, 1.54) is 4.31 Å². The maximum atomic E-state index is 13.4. The second-order valence-electron chi connectivity index (χ2n) is 8.24. The fourth-order valence-electron chi connectivity index (χ4n) is 4.39. The van der Waals surface area contributed by atoms with Crippen molar-refractivity contribution >= 4 is 38.9 Å². The Balaban J connectivity index is 1.68. The number of nitrogens with zero attached hydrogens (tertiary/aromatic N) is 2. The van der Waals surface area contributed by atoms with Gasteiger partial charge in [0.15, 0.2) is 0 Å². The van der Waals surface area contributed by atoms with Gasteiger partial charge in [0.1, 0.15) is 10.3 Å². The Morgan fingerprint density at radius 2 is 1.73 bits per heavy atom. The molecule has 1 unspecified atom stereocenters. The van der Waals surface area contributed by atoms with Crippen LogP contribution in [0.4, 0.5) is 5.69 Å². The lowest BCUT2D eigenvalue weighted by Gasteiger charge is -2.31. The first-order chi connectivity index (χ1) is 14.3. The number of carbonyl (C=O) groups is 2. The largest absolute Gasteiger partial charge is 0.274 e. The van der Waals surface area contributed by atoms with Gasteiger partial charge in [-0.1, -0.05) is 44.9 Å². The van der Waals surface area contributed by atoms with Crippen molar-refractivity contribution < 1.29 is 18.0 Å². The van der Waals surface area contributed by atoms with Crippen LogP contribution in [-0.2, 0) is 19.6 Å². The van der Waals surface area contributed by atoms with E-state index in [0.717, 1.165) is 34.6 Å². The molecule has 1 aromatic heterocycles. The van der Waals surface area contributed by atoms with Gasteiger partial charge in [-0.15, -0.1) is 11.3 Å². The number of thiophene rings is 1. The smallest absolute Gasteiger partial charge is 0.253 e. The van der Waals surface area contributed by atoms with E-state index in [9.17, 15) is 18.0 Å². The minimum atomic E-state index is -3.85. The molecular weight excluding hydrogens is 420 g/mol. The summed E-state index contributed by atoms with van der Waals surface area (Å²) < 4.78 is 28.4. The van der Waals surface area contributed by atoms with Crippen molar-refractivity contribution in [2.75, 3.05) is 4.90 Å². The quantitative estimate of drug-likeness (QED) is 0.625. The molecule has 2 aromatic rings. The van der Waals surface area contributed by atoms with Gasteiger partial charge in [0.2, 0.25) is 5.91 Å². The molecule has 30 heavy (non-hydrogen) atoms. The molecule has 160 valence electrons. The lowest BCUT2D eigenvalue weighted by molar-refractivity contribution is -0.122. The first kappa shape index (κ1) is 21.2. The van der Waals surface area contributed by atoms with Gasteiger partial charge >= 0.3 is 0 Å². The van der Waals surface area contributed by atoms with Crippen LogP contribution in [0.25, 0.3) is 0 Å². The van der Waals surface area contributed by atoms with Crippen LogP contribution in [0.1, 0.15) is 57.4 Å². The summed E-state index contributed by atoms with van der Waals surface area (Å²) in [5.74, 6) is -0.471. The van der Waals surface area contributed by atoms with Gasteiger partial charge < -0.3 is 0 Å². The van der Waals surface area contributed by atoms with Crippen LogP contribution in [0, 0.1) is 0 Å². The SMILES string of the molecule is CC(C)c1ccc(N2C(=O)CC(N(C3CCCC3)S(=O)(=O)c3cccs3)C2=O)cc1. The van der Waals surface area contributed by atoms with Crippen molar-refractivity contribution in [1.29, 1.82) is 0 Å². The van der Waals surface area contributed by atoms with Crippen LogP contribution >= 0.6 is 11.3 Å². The molecule has 0 spiro atoms. The third-order valence-electron chi connectivity index (χ3n) is 5.96. The number of anilines is 1. The Morgan fingerprint density at radius 3 is 2.30 bits per heavy atom. The summed E-state index contributed by atoms with van der Waals surface area (Å²) >= 11 is 1.14. The van der Waals surface area contributed by atoms with Crippen molar-refractivity contribution in [2.45, 2.75) is 68.2 Å². The number of imide groups is 1. The Bertz CT molecular complexity index is 1020. The lowest BCUT2D eigenvalue weighted by atomic mass is 10.0. The molecule has 2 fully saturated rings. The molecule has 2 aliphatic rings. The Morgan fingerprint density at radius 1 is 1.07 bits per heavy atom. The summed E-state index contributed by atoms with van der Waals surface area (Å²) in [7, 11) is -3.85. The minimum Gasteiger partial charge on any atom is -0.274 e. The van der Waals surface area contributed by atoms with E-state index in [1.54, 1.807) is 29.6 Å². The van der Waals surface area contributed by atoms with E-state index >= 15 is 0 Å². The van der Waals surface area contributed by atoms with Gasteiger partial charge in [-0.2, -0.15) is 4.31 Å². The van der Waals surface area contributed by atoms with Crippen LogP contribution < -0.4 is 4.90 Å². The van der Waals surface area contributed by atoms with E-state index in [0.29, 0.717) is 24.4 Å². The monoisotopic (exact) mass is 446 g/mol. The lowest BCUT2D eigenvalue weighted by Crippen LogP contribution is -2.49. The van der Waals surface area contributed by atoms with Gasteiger partial charge in [0, 0.05) is 6.04 Å². The number of rotatable bonds is 6. The van der Waals surface area contributed by atoms with Crippen LogP contribution in [0.15, 0.2) is 46.0 Å². The van der Waals surface area contributed by atoms with E-state index in [4.69, 9.17) is 0 Å². The Hall–Kier alpha value is -2.03. The summed E-state index contributed by atoms with van der Waals surface area (Å²) in [4.78, 5) is 27.3. The molecular formula is C22H26N2O4S2. The van der Waals surface area contributed by atoms with Crippen LogP contribution in [0.2, 0.25) is 0 Å². The maximum absolute atomic E-state index is 13.4. The second-order valence-corrected chi connectivity index (χ2v) is 11.3. The number of carbonyl (C=O) groups excluding carboxylic acids is 2. The molecule has 6 nitrogen and oxygen atoms in total. The van der Waals surface area contributed by atoms with Crippen LogP contribution in [-0.4, -0.2) is 36.6 Å². The first-order valence-electron chi connectivity index (χ1n) is 10.3. The van der Waals surface area contributed by atoms with Crippen LogP contribution in [0.3, 0.4) is 0 Å².